The number of phenols is 1. The van der Waals surface area contributed by atoms with Gasteiger partial charge in [0.05, 0.1) is 10.6 Å². The van der Waals surface area contributed by atoms with Crippen molar-refractivity contribution in [3.05, 3.63) is 46.5 Å². The maximum Gasteiger partial charge on any atom is 0.317 e. The zero-order valence-electron chi connectivity index (χ0n) is 30.2. The summed E-state index contributed by atoms with van der Waals surface area (Å²) in [5.41, 5.74) is 3.28. The fourth-order valence-electron chi connectivity index (χ4n) is 5.05. The molecule has 0 saturated carbocycles. The van der Waals surface area contributed by atoms with Crippen molar-refractivity contribution in [1.82, 2.24) is 5.32 Å². The minimum absolute atomic E-state index is 0.0589. The molecule has 0 aliphatic carbocycles. The fourth-order valence-corrected chi connectivity index (χ4v) is 7.64. The summed E-state index contributed by atoms with van der Waals surface area (Å²) in [5, 5.41) is 33.5. The summed E-state index contributed by atoms with van der Waals surface area (Å²) in [6, 6.07) is 8.77. The molecule has 0 saturated heterocycles. The molecule has 0 fully saturated rings. The Labute approximate surface area is 281 Å². The van der Waals surface area contributed by atoms with Crippen LogP contribution in [0, 0.1) is 0 Å². The number of ether oxygens (including phenoxy) is 1. The molecule has 0 aliphatic heterocycles. The van der Waals surface area contributed by atoms with Gasteiger partial charge in [0, 0.05) is 38.6 Å². The summed E-state index contributed by atoms with van der Waals surface area (Å²) in [6.45, 7) is 30.5. The van der Waals surface area contributed by atoms with Crippen LogP contribution in [-0.2, 0) is 26.5 Å². The van der Waals surface area contributed by atoms with E-state index in [1.807, 2.05) is 23.5 Å². The Bertz CT molecular complexity index is 1300. The van der Waals surface area contributed by atoms with Gasteiger partial charge >= 0.3 is 5.97 Å². The lowest BCUT2D eigenvalue weighted by Gasteiger charge is -2.34. The molecule has 254 valence electrons. The van der Waals surface area contributed by atoms with E-state index < -0.39 is 12.1 Å². The highest BCUT2D eigenvalue weighted by atomic mass is 32.2. The second-order valence-corrected chi connectivity index (χ2v) is 19.9. The van der Waals surface area contributed by atoms with E-state index in [-0.39, 0.29) is 45.4 Å². The SMILES string of the molecule is CCC(C)(C)c1cc(SC(C)(C)Sc2cc(C(C)(C)C)c(O)c(C(C)(C)C)c2)cc(C(C)(C)C)c1OCC(O)CNCC(=O)O. The van der Waals surface area contributed by atoms with Crippen LogP contribution in [0.15, 0.2) is 34.1 Å². The third kappa shape index (κ3) is 11.1. The Morgan fingerprint density at radius 2 is 1.20 bits per heavy atom. The van der Waals surface area contributed by atoms with Crippen molar-refractivity contribution in [2.24, 2.45) is 0 Å². The Kier molecular flexibility index (Phi) is 12.7. The number of rotatable bonds is 13. The predicted octanol–water partition coefficient (Wildman–Crippen LogP) is 9.01. The second-order valence-electron chi connectivity index (χ2n) is 16.3. The summed E-state index contributed by atoms with van der Waals surface area (Å²) in [5.74, 6) is 0.225. The van der Waals surface area contributed by atoms with Gasteiger partial charge in [0.2, 0.25) is 0 Å². The molecule has 0 aliphatic rings. The lowest BCUT2D eigenvalue weighted by Crippen LogP contribution is -2.35. The molecule has 2 aromatic rings. The Morgan fingerprint density at radius 1 is 0.778 bits per heavy atom. The normalized spacial score (nSPS) is 14.0. The van der Waals surface area contributed by atoms with E-state index in [1.165, 1.54) is 0 Å². The number of carboxylic acid groups (broad SMARTS) is 1. The van der Waals surface area contributed by atoms with Crippen molar-refractivity contribution in [1.29, 1.82) is 0 Å². The van der Waals surface area contributed by atoms with Crippen LogP contribution in [0.5, 0.6) is 11.5 Å². The molecule has 2 aromatic carbocycles. The molecule has 2 rings (SSSR count). The number of aromatic hydroxyl groups is 1. The van der Waals surface area contributed by atoms with Gasteiger partial charge < -0.3 is 25.4 Å². The average Bonchev–Trinajstić information content (AvgIpc) is 2.85. The van der Waals surface area contributed by atoms with Gasteiger partial charge in [-0.05, 0) is 66.2 Å². The molecule has 0 aromatic heterocycles. The number of aliphatic hydroxyl groups is 1. The maximum absolute atomic E-state index is 11.3. The number of hydrogen-bond donors (Lipinski definition) is 4. The van der Waals surface area contributed by atoms with Gasteiger partial charge in [0.15, 0.2) is 0 Å². The first-order valence-electron chi connectivity index (χ1n) is 16.0. The average molecular weight is 662 g/mol. The predicted molar refractivity (Wildman–Crippen MR) is 192 cm³/mol. The Hall–Kier alpha value is -1.87. The van der Waals surface area contributed by atoms with Gasteiger partial charge in [-0.1, -0.05) is 83.1 Å². The lowest BCUT2D eigenvalue weighted by atomic mass is 9.77. The van der Waals surface area contributed by atoms with Crippen LogP contribution >= 0.6 is 23.5 Å². The van der Waals surface area contributed by atoms with Crippen LogP contribution in [0.3, 0.4) is 0 Å². The molecule has 1 atom stereocenters. The van der Waals surface area contributed by atoms with Gasteiger partial charge in [-0.15, -0.1) is 23.5 Å². The first-order chi connectivity index (χ1) is 20.3. The van der Waals surface area contributed by atoms with Crippen molar-refractivity contribution in [2.75, 3.05) is 19.7 Å². The third-order valence-corrected chi connectivity index (χ3v) is 10.4. The van der Waals surface area contributed by atoms with E-state index in [0.29, 0.717) is 5.75 Å². The highest BCUT2D eigenvalue weighted by molar-refractivity contribution is 8.18. The van der Waals surface area contributed by atoms with E-state index in [4.69, 9.17) is 9.84 Å². The summed E-state index contributed by atoms with van der Waals surface area (Å²) in [7, 11) is 0. The number of benzene rings is 2. The van der Waals surface area contributed by atoms with Crippen LogP contribution in [0.2, 0.25) is 0 Å². The molecule has 45 heavy (non-hydrogen) atoms. The van der Waals surface area contributed by atoms with E-state index in [9.17, 15) is 15.0 Å². The molecule has 0 spiro atoms. The molecule has 0 heterocycles. The minimum Gasteiger partial charge on any atom is -0.507 e. The van der Waals surface area contributed by atoms with Crippen molar-refractivity contribution in [3.63, 3.8) is 0 Å². The van der Waals surface area contributed by atoms with Crippen molar-refractivity contribution >= 4 is 29.5 Å². The highest BCUT2D eigenvalue weighted by Gasteiger charge is 2.33. The minimum atomic E-state index is -0.964. The zero-order valence-corrected chi connectivity index (χ0v) is 31.8. The van der Waals surface area contributed by atoms with E-state index in [2.05, 4.69) is 127 Å². The number of carbonyl (C=O) groups is 1. The van der Waals surface area contributed by atoms with Crippen LogP contribution in [0.1, 0.15) is 126 Å². The number of carboxylic acids is 1. The monoisotopic (exact) mass is 661 g/mol. The topological polar surface area (TPSA) is 99.0 Å². The van der Waals surface area contributed by atoms with Crippen molar-refractivity contribution < 1.29 is 24.9 Å². The van der Waals surface area contributed by atoms with Crippen molar-refractivity contribution in [2.45, 2.75) is 145 Å². The summed E-state index contributed by atoms with van der Waals surface area (Å²) >= 11 is 3.63. The first kappa shape index (κ1) is 39.3. The lowest BCUT2D eigenvalue weighted by molar-refractivity contribution is -0.136. The number of aliphatic carboxylic acids is 1. The second kappa shape index (κ2) is 14.5. The van der Waals surface area contributed by atoms with Gasteiger partial charge in [0.1, 0.15) is 24.2 Å². The van der Waals surface area contributed by atoms with Crippen molar-refractivity contribution in [3.8, 4) is 11.5 Å². The van der Waals surface area contributed by atoms with Crippen LogP contribution in [-0.4, -0.2) is 51.2 Å². The van der Waals surface area contributed by atoms with Gasteiger partial charge in [0.25, 0.3) is 0 Å². The molecule has 8 heteroatoms. The molecule has 6 nitrogen and oxygen atoms in total. The van der Waals surface area contributed by atoms with E-state index in [0.717, 1.165) is 44.2 Å². The third-order valence-electron chi connectivity index (χ3n) is 7.99. The Balaban J connectivity index is 2.56. The molecule has 0 amide bonds. The summed E-state index contributed by atoms with van der Waals surface area (Å²) in [6.07, 6.45) is 0.0565. The zero-order chi connectivity index (χ0) is 34.8. The van der Waals surface area contributed by atoms with Crippen LogP contribution in [0.25, 0.3) is 0 Å². The Morgan fingerprint density at radius 3 is 1.60 bits per heavy atom. The summed E-state index contributed by atoms with van der Waals surface area (Å²) < 4.78 is 6.17. The molecule has 4 N–H and O–H groups in total. The van der Waals surface area contributed by atoms with E-state index >= 15 is 0 Å². The van der Waals surface area contributed by atoms with Gasteiger partial charge in [-0.25, -0.2) is 0 Å². The van der Waals surface area contributed by atoms with Crippen LogP contribution in [0.4, 0.5) is 0 Å². The number of phenolic OH excluding ortho intramolecular Hbond substituents is 1. The van der Waals surface area contributed by atoms with E-state index in [1.54, 1.807) is 0 Å². The molecular weight excluding hydrogens is 603 g/mol. The van der Waals surface area contributed by atoms with Gasteiger partial charge in [-0.2, -0.15) is 0 Å². The number of hydrogen-bond acceptors (Lipinski definition) is 7. The molecular formula is C37H59NO5S2. The molecule has 0 bridgehead atoms. The number of thioether (sulfide) groups is 2. The standard InChI is InChI=1S/C37H59NO5S2/c1-15-36(11,12)29-19-25(18-28(35(8,9)10)32(29)43-22-23(39)20-38-21-30(40)41)45-37(13,14)44-24-16-26(33(2,3)4)31(42)27(17-24)34(5,6)7/h16-19,23,38-39,42H,15,20-22H2,1-14H3,(H,40,41). The largest absolute Gasteiger partial charge is 0.507 e. The van der Waals surface area contributed by atoms with Crippen LogP contribution < -0.4 is 10.1 Å². The molecule has 1 unspecified atom stereocenters. The quantitative estimate of drug-likeness (QED) is 0.125. The summed E-state index contributed by atoms with van der Waals surface area (Å²) in [4.78, 5) is 13.2. The smallest absolute Gasteiger partial charge is 0.317 e. The molecule has 0 radical (unpaired) electrons. The van der Waals surface area contributed by atoms with Gasteiger partial charge in [-0.3, -0.25) is 4.79 Å². The number of nitrogens with one attached hydrogen (secondary N) is 1. The number of aliphatic hydroxyl groups excluding tert-OH is 1. The maximum atomic E-state index is 11.3. The fraction of sp³-hybridized carbons (Fsp3) is 0.649. The highest BCUT2D eigenvalue weighted by Crippen LogP contribution is 2.51. The first-order valence-corrected chi connectivity index (χ1v) is 17.6.